The van der Waals surface area contributed by atoms with Crippen LogP contribution in [-0.2, 0) is 11.2 Å². The van der Waals surface area contributed by atoms with Crippen molar-refractivity contribution in [2.45, 2.75) is 12.8 Å². The van der Waals surface area contributed by atoms with Crippen molar-refractivity contribution in [2.24, 2.45) is 0 Å². The number of benzene rings is 1. The molecule has 27 heavy (non-hydrogen) atoms. The molecule has 144 valence electrons. The van der Waals surface area contributed by atoms with Crippen LogP contribution in [0.1, 0.15) is 12.0 Å². The third kappa shape index (κ3) is 5.79. The highest BCUT2D eigenvalue weighted by Gasteiger charge is 2.18. The zero-order chi connectivity index (χ0) is 19.1. The van der Waals surface area contributed by atoms with E-state index in [1.54, 1.807) is 12.3 Å². The van der Waals surface area contributed by atoms with E-state index in [1.165, 1.54) is 0 Å². The van der Waals surface area contributed by atoms with E-state index in [0.717, 1.165) is 44.0 Å². The van der Waals surface area contributed by atoms with Gasteiger partial charge < -0.3 is 10.2 Å². The van der Waals surface area contributed by atoms with Crippen LogP contribution in [-0.4, -0.2) is 60.3 Å². The summed E-state index contributed by atoms with van der Waals surface area (Å²) in [7, 11) is 0. The van der Waals surface area contributed by atoms with Crippen molar-refractivity contribution in [2.75, 3.05) is 44.2 Å². The fourth-order valence-electron chi connectivity index (χ4n) is 3.16. The minimum absolute atomic E-state index is 0.0288. The molecule has 1 aliphatic heterocycles. The summed E-state index contributed by atoms with van der Waals surface area (Å²) in [5.74, 6) is 0.920. The van der Waals surface area contributed by atoms with Gasteiger partial charge in [-0.15, -0.1) is 5.10 Å². The van der Waals surface area contributed by atoms with Crippen molar-refractivity contribution in [1.82, 2.24) is 20.4 Å². The Kier molecular flexibility index (Phi) is 7.26. The first-order valence-electron chi connectivity index (χ1n) is 9.08. The number of anilines is 1. The molecule has 0 aliphatic carbocycles. The summed E-state index contributed by atoms with van der Waals surface area (Å²) in [5, 5.41) is 12.2. The van der Waals surface area contributed by atoms with Gasteiger partial charge in [-0.05, 0) is 36.6 Å². The number of amides is 1. The van der Waals surface area contributed by atoms with Gasteiger partial charge in [0.1, 0.15) is 0 Å². The smallest absolute Gasteiger partial charge is 0.234 e. The Morgan fingerprint density at radius 3 is 2.81 bits per heavy atom. The molecule has 6 nitrogen and oxygen atoms in total. The number of halogens is 2. The molecule has 3 rings (SSSR count). The lowest BCUT2D eigenvalue weighted by molar-refractivity contribution is -0.122. The molecule has 2 heterocycles. The van der Waals surface area contributed by atoms with Crippen molar-refractivity contribution >= 4 is 34.9 Å². The van der Waals surface area contributed by atoms with Crippen molar-refractivity contribution in [3.05, 3.63) is 52.1 Å². The number of rotatable bonds is 6. The van der Waals surface area contributed by atoms with E-state index >= 15 is 0 Å². The summed E-state index contributed by atoms with van der Waals surface area (Å²) in [5.41, 5.74) is 0.943. The van der Waals surface area contributed by atoms with Gasteiger partial charge >= 0.3 is 0 Å². The Hall–Kier alpha value is -1.89. The highest BCUT2D eigenvalue weighted by atomic mass is 35.5. The molecule has 1 amide bonds. The molecule has 0 unspecified atom stereocenters. The Balaban J connectivity index is 1.42. The van der Waals surface area contributed by atoms with E-state index in [9.17, 15) is 4.79 Å². The van der Waals surface area contributed by atoms with E-state index in [2.05, 4.69) is 25.3 Å². The Labute approximate surface area is 169 Å². The SMILES string of the molecule is O=C(CN1CCCN(c2cccnn2)CC1)NCCc1cccc(Cl)c1Cl. The fraction of sp³-hybridized carbons (Fsp3) is 0.421. The zero-order valence-corrected chi connectivity index (χ0v) is 16.6. The lowest BCUT2D eigenvalue weighted by atomic mass is 10.1. The predicted molar refractivity (Wildman–Crippen MR) is 108 cm³/mol. The molecule has 1 aromatic heterocycles. The van der Waals surface area contributed by atoms with E-state index in [1.807, 2.05) is 24.3 Å². The van der Waals surface area contributed by atoms with Crippen molar-refractivity contribution in [1.29, 1.82) is 0 Å². The minimum atomic E-state index is 0.0288. The molecular weight excluding hydrogens is 385 g/mol. The van der Waals surface area contributed by atoms with Crippen LogP contribution >= 0.6 is 23.2 Å². The standard InChI is InChI=1S/C19H23Cl2N5O/c20-16-5-1-4-15(19(16)21)7-9-22-18(27)14-25-10-3-11-26(13-12-25)17-6-2-8-23-24-17/h1-2,4-6,8H,3,7,9-14H2,(H,22,27). The van der Waals surface area contributed by atoms with Crippen LogP contribution in [0.3, 0.4) is 0 Å². The quantitative estimate of drug-likeness (QED) is 0.797. The molecular formula is C19H23Cl2N5O. The van der Waals surface area contributed by atoms with E-state index < -0.39 is 0 Å². The van der Waals surface area contributed by atoms with Crippen LogP contribution in [0.25, 0.3) is 0 Å². The highest BCUT2D eigenvalue weighted by Crippen LogP contribution is 2.25. The molecule has 0 spiro atoms. The van der Waals surface area contributed by atoms with E-state index in [-0.39, 0.29) is 5.91 Å². The Morgan fingerprint density at radius 1 is 1.11 bits per heavy atom. The highest BCUT2D eigenvalue weighted by molar-refractivity contribution is 6.42. The summed E-state index contributed by atoms with van der Waals surface area (Å²) in [6.45, 7) is 4.42. The maximum Gasteiger partial charge on any atom is 0.234 e. The lowest BCUT2D eigenvalue weighted by Gasteiger charge is -2.22. The van der Waals surface area contributed by atoms with Crippen LogP contribution in [0.2, 0.25) is 10.0 Å². The molecule has 8 heteroatoms. The maximum atomic E-state index is 12.3. The number of hydrogen-bond donors (Lipinski definition) is 1. The van der Waals surface area contributed by atoms with Crippen LogP contribution < -0.4 is 10.2 Å². The number of nitrogens with zero attached hydrogens (tertiary/aromatic N) is 4. The van der Waals surface area contributed by atoms with Gasteiger partial charge in [-0.25, -0.2) is 0 Å². The van der Waals surface area contributed by atoms with Crippen molar-refractivity contribution < 1.29 is 4.79 Å². The average molecular weight is 408 g/mol. The summed E-state index contributed by atoms with van der Waals surface area (Å²) in [6, 6.07) is 9.41. The number of aromatic nitrogens is 2. The normalized spacial score (nSPS) is 15.4. The van der Waals surface area contributed by atoms with Gasteiger partial charge in [0.2, 0.25) is 5.91 Å². The second-order valence-electron chi connectivity index (χ2n) is 6.51. The fourth-order valence-corrected chi connectivity index (χ4v) is 3.57. The van der Waals surface area contributed by atoms with Gasteiger partial charge in [-0.3, -0.25) is 9.69 Å². The number of nitrogens with one attached hydrogen (secondary N) is 1. The largest absolute Gasteiger partial charge is 0.355 e. The first kappa shape index (κ1) is 19.9. The molecule has 0 bridgehead atoms. The number of hydrogen-bond acceptors (Lipinski definition) is 5. The average Bonchev–Trinajstić information content (AvgIpc) is 2.91. The number of carbonyl (C=O) groups excluding carboxylic acids is 1. The summed E-state index contributed by atoms with van der Waals surface area (Å²) < 4.78 is 0. The second-order valence-corrected chi connectivity index (χ2v) is 7.30. The van der Waals surface area contributed by atoms with Gasteiger partial charge in [0.05, 0.1) is 16.6 Å². The van der Waals surface area contributed by atoms with Gasteiger partial charge in [0, 0.05) is 38.9 Å². The molecule has 1 fully saturated rings. The molecule has 1 aromatic carbocycles. The van der Waals surface area contributed by atoms with Crippen LogP contribution in [0, 0.1) is 0 Å². The van der Waals surface area contributed by atoms with Crippen LogP contribution in [0.4, 0.5) is 5.82 Å². The molecule has 2 aromatic rings. The van der Waals surface area contributed by atoms with Gasteiger partial charge in [-0.1, -0.05) is 35.3 Å². The monoisotopic (exact) mass is 407 g/mol. The molecule has 1 aliphatic rings. The minimum Gasteiger partial charge on any atom is -0.355 e. The van der Waals surface area contributed by atoms with Crippen molar-refractivity contribution in [3.63, 3.8) is 0 Å². The number of carbonyl (C=O) groups is 1. The summed E-state index contributed by atoms with van der Waals surface area (Å²) in [6.07, 6.45) is 3.32. The Bertz CT molecular complexity index is 759. The molecule has 1 N–H and O–H groups in total. The molecule has 1 saturated heterocycles. The maximum absolute atomic E-state index is 12.3. The third-order valence-corrected chi connectivity index (χ3v) is 5.44. The predicted octanol–water partition coefficient (Wildman–Crippen LogP) is 2.65. The van der Waals surface area contributed by atoms with E-state index in [4.69, 9.17) is 23.2 Å². The molecule has 0 saturated carbocycles. The summed E-state index contributed by atoms with van der Waals surface area (Å²) >= 11 is 12.2. The van der Waals surface area contributed by atoms with Crippen LogP contribution in [0.15, 0.2) is 36.5 Å². The lowest BCUT2D eigenvalue weighted by Crippen LogP contribution is -2.40. The zero-order valence-electron chi connectivity index (χ0n) is 15.1. The van der Waals surface area contributed by atoms with E-state index in [0.29, 0.717) is 29.6 Å². The third-order valence-electron chi connectivity index (χ3n) is 4.59. The first-order valence-corrected chi connectivity index (χ1v) is 9.83. The van der Waals surface area contributed by atoms with Gasteiger partial charge in [-0.2, -0.15) is 5.10 Å². The summed E-state index contributed by atoms with van der Waals surface area (Å²) in [4.78, 5) is 16.7. The first-order chi connectivity index (χ1) is 13.1. The molecule has 0 atom stereocenters. The molecule has 0 radical (unpaired) electrons. The van der Waals surface area contributed by atoms with Crippen molar-refractivity contribution in [3.8, 4) is 0 Å². The second kappa shape index (κ2) is 9.88. The van der Waals surface area contributed by atoms with Crippen LogP contribution in [0.5, 0.6) is 0 Å². The van der Waals surface area contributed by atoms with Gasteiger partial charge in [0.15, 0.2) is 5.82 Å². The topological polar surface area (TPSA) is 61.4 Å². The Morgan fingerprint density at radius 2 is 2.00 bits per heavy atom. The van der Waals surface area contributed by atoms with Gasteiger partial charge in [0.25, 0.3) is 0 Å².